The van der Waals surface area contributed by atoms with Crippen molar-refractivity contribution in [2.45, 2.75) is 6.10 Å². The Hall–Kier alpha value is -0.200. The van der Waals surface area contributed by atoms with Gasteiger partial charge in [0.15, 0.2) is 0 Å². The molecule has 1 aromatic carbocycles. The number of aromatic nitrogens is 1. The standard InChI is InChI=1S/C10H5BrCl2FNOS/c11-5-2-1-4(8(14)7(5)13)9(16)10-15-3-6(12)17-10/h1-3,9,16H. The Kier molecular flexibility index (Phi) is 4.05. The van der Waals surface area contributed by atoms with Crippen molar-refractivity contribution in [2.75, 3.05) is 0 Å². The van der Waals surface area contributed by atoms with Gasteiger partial charge in [0.25, 0.3) is 0 Å². The Morgan fingerprint density at radius 2 is 2.12 bits per heavy atom. The van der Waals surface area contributed by atoms with Crippen LogP contribution in [0.5, 0.6) is 0 Å². The van der Waals surface area contributed by atoms with Crippen LogP contribution in [0, 0.1) is 5.82 Å². The smallest absolute Gasteiger partial charge is 0.149 e. The largest absolute Gasteiger partial charge is 0.381 e. The lowest BCUT2D eigenvalue weighted by Crippen LogP contribution is -2.02. The van der Waals surface area contributed by atoms with Gasteiger partial charge in [0.2, 0.25) is 0 Å². The van der Waals surface area contributed by atoms with Crippen molar-refractivity contribution in [1.29, 1.82) is 0 Å². The molecule has 1 N–H and O–H groups in total. The number of nitrogens with zero attached hydrogens (tertiary/aromatic N) is 1. The Morgan fingerprint density at radius 1 is 1.41 bits per heavy atom. The van der Waals surface area contributed by atoms with E-state index in [1.165, 1.54) is 12.3 Å². The van der Waals surface area contributed by atoms with E-state index in [-0.39, 0.29) is 10.6 Å². The highest BCUT2D eigenvalue weighted by Gasteiger charge is 2.21. The lowest BCUT2D eigenvalue weighted by molar-refractivity contribution is 0.214. The van der Waals surface area contributed by atoms with E-state index in [2.05, 4.69) is 20.9 Å². The van der Waals surface area contributed by atoms with Crippen molar-refractivity contribution in [3.63, 3.8) is 0 Å². The number of hydrogen-bond donors (Lipinski definition) is 1. The minimum Gasteiger partial charge on any atom is -0.381 e. The molecule has 0 aliphatic heterocycles. The quantitative estimate of drug-likeness (QED) is 0.807. The van der Waals surface area contributed by atoms with Gasteiger partial charge in [0, 0.05) is 10.0 Å². The highest BCUT2D eigenvalue weighted by Crippen LogP contribution is 2.34. The molecule has 1 atom stereocenters. The molecule has 2 rings (SSSR count). The van der Waals surface area contributed by atoms with Gasteiger partial charge >= 0.3 is 0 Å². The zero-order valence-electron chi connectivity index (χ0n) is 8.12. The molecular weight excluding hydrogens is 352 g/mol. The van der Waals surface area contributed by atoms with Gasteiger partial charge in [-0.2, -0.15) is 0 Å². The van der Waals surface area contributed by atoms with Crippen molar-refractivity contribution in [2.24, 2.45) is 0 Å². The van der Waals surface area contributed by atoms with Crippen LogP contribution in [0.1, 0.15) is 16.7 Å². The highest BCUT2D eigenvalue weighted by molar-refractivity contribution is 9.10. The first-order chi connectivity index (χ1) is 8.00. The van der Waals surface area contributed by atoms with Crippen LogP contribution >= 0.6 is 50.5 Å². The molecule has 7 heteroatoms. The molecule has 17 heavy (non-hydrogen) atoms. The number of aliphatic hydroxyl groups is 1. The fraction of sp³-hybridized carbons (Fsp3) is 0.100. The van der Waals surface area contributed by atoms with E-state index in [9.17, 15) is 9.50 Å². The zero-order valence-corrected chi connectivity index (χ0v) is 12.0. The predicted octanol–water partition coefficient (Wildman–Crippen LogP) is 4.43. The molecule has 90 valence electrons. The third kappa shape index (κ3) is 2.63. The van der Waals surface area contributed by atoms with Crippen LogP contribution in [0.4, 0.5) is 4.39 Å². The maximum Gasteiger partial charge on any atom is 0.149 e. The number of hydrogen-bond acceptors (Lipinski definition) is 3. The van der Waals surface area contributed by atoms with E-state index in [1.54, 1.807) is 6.07 Å². The van der Waals surface area contributed by atoms with Gasteiger partial charge < -0.3 is 5.11 Å². The summed E-state index contributed by atoms with van der Waals surface area (Å²) in [7, 11) is 0. The predicted molar refractivity (Wildman–Crippen MR) is 70.3 cm³/mol. The van der Waals surface area contributed by atoms with E-state index in [1.807, 2.05) is 0 Å². The van der Waals surface area contributed by atoms with Gasteiger partial charge in [0.05, 0.1) is 11.2 Å². The second-order valence-corrected chi connectivity index (χ2v) is 6.10. The molecule has 2 nitrogen and oxygen atoms in total. The summed E-state index contributed by atoms with van der Waals surface area (Å²) in [6, 6.07) is 3.02. The molecular formula is C10H5BrCl2FNOS. The van der Waals surface area contributed by atoms with Crippen LogP contribution in [-0.4, -0.2) is 10.1 Å². The summed E-state index contributed by atoms with van der Waals surface area (Å²) in [5.41, 5.74) is 0.0733. The maximum atomic E-state index is 13.8. The molecule has 0 fully saturated rings. The molecule has 0 bridgehead atoms. The number of benzene rings is 1. The molecule has 0 saturated heterocycles. The third-order valence-electron chi connectivity index (χ3n) is 2.09. The van der Waals surface area contributed by atoms with Gasteiger partial charge in [-0.1, -0.05) is 29.3 Å². The van der Waals surface area contributed by atoms with Gasteiger partial charge in [0.1, 0.15) is 21.3 Å². The first-order valence-electron chi connectivity index (χ1n) is 4.43. The molecule has 0 aliphatic rings. The second kappa shape index (κ2) is 5.20. The zero-order chi connectivity index (χ0) is 12.6. The lowest BCUT2D eigenvalue weighted by atomic mass is 10.1. The Balaban J connectivity index is 2.44. The fourth-order valence-corrected chi connectivity index (χ4v) is 2.69. The van der Waals surface area contributed by atoms with E-state index in [0.29, 0.717) is 13.8 Å². The molecule has 0 radical (unpaired) electrons. The van der Waals surface area contributed by atoms with Crippen LogP contribution in [-0.2, 0) is 0 Å². The van der Waals surface area contributed by atoms with Gasteiger partial charge in [-0.05, 0) is 22.0 Å². The summed E-state index contributed by atoms with van der Waals surface area (Å²) in [6.45, 7) is 0. The van der Waals surface area contributed by atoms with E-state index < -0.39 is 11.9 Å². The van der Waals surface area contributed by atoms with Crippen molar-refractivity contribution in [3.05, 3.63) is 48.5 Å². The normalized spacial score (nSPS) is 12.8. The van der Waals surface area contributed by atoms with Crippen molar-refractivity contribution < 1.29 is 9.50 Å². The summed E-state index contributed by atoms with van der Waals surface area (Å²) in [6.07, 6.45) is 0.237. The minimum absolute atomic E-state index is 0.0656. The van der Waals surface area contributed by atoms with E-state index in [4.69, 9.17) is 23.2 Å². The Bertz CT molecular complexity index is 563. The lowest BCUT2D eigenvalue weighted by Gasteiger charge is -2.10. The van der Waals surface area contributed by atoms with Crippen molar-refractivity contribution >= 4 is 50.5 Å². The number of aliphatic hydroxyl groups excluding tert-OH is 1. The van der Waals surface area contributed by atoms with Gasteiger partial charge in [-0.25, -0.2) is 9.37 Å². The minimum atomic E-state index is -1.17. The summed E-state index contributed by atoms with van der Waals surface area (Å²) in [4.78, 5) is 3.90. The summed E-state index contributed by atoms with van der Waals surface area (Å²) >= 11 is 15.6. The average molecular weight is 357 g/mol. The monoisotopic (exact) mass is 355 g/mol. The van der Waals surface area contributed by atoms with E-state index >= 15 is 0 Å². The van der Waals surface area contributed by atoms with Crippen LogP contribution < -0.4 is 0 Å². The third-order valence-corrected chi connectivity index (χ3v) is 4.51. The Morgan fingerprint density at radius 3 is 2.71 bits per heavy atom. The maximum absolute atomic E-state index is 13.8. The van der Waals surface area contributed by atoms with Crippen molar-refractivity contribution in [3.8, 4) is 0 Å². The summed E-state index contributed by atoms with van der Waals surface area (Å²) in [5, 5.41) is 10.2. The average Bonchev–Trinajstić information content (AvgIpc) is 2.72. The number of thiazole rings is 1. The molecule has 0 saturated carbocycles. The van der Waals surface area contributed by atoms with Crippen LogP contribution in [0.2, 0.25) is 9.36 Å². The molecule has 0 spiro atoms. The first-order valence-corrected chi connectivity index (χ1v) is 6.80. The summed E-state index contributed by atoms with van der Waals surface area (Å²) < 4.78 is 14.7. The second-order valence-electron chi connectivity index (χ2n) is 3.17. The molecule has 0 aliphatic carbocycles. The van der Waals surface area contributed by atoms with E-state index in [0.717, 1.165) is 11.3 Å². The van der Waals surface area contributed by atoms with Crippen LogP contribution in [0.15, 0.2) is 22.8 Å². The van der Waals surface area contributed by atoms with Gasteiger partial charge in [-0.15, -0.1) is 11.3 Å². The van der Waals surface area contributed by atoms with Crippen LogP contribution in [0.25, 0.3) is 0 Å². The number of rotatable bonds is 2. The SMILES string of the molecule is OC(c1ncc(Cl)s1)c1ccc(Br)c(Cl)c1F. The van der Waals surface area contributed by atoms with Crippen LogP contribution in [0.3, 0.4) is 0 Å². The molecule has 0 amide bonds. The molecule has 1 aromatic heterocycles. The molecule has 1 unspecified atom stereocenters. The Labute approximate surface area is 119 Å². The first kappa shape index (κ1) is 13.2. The van der Waals surface area contributed by atoms with Crippen molar-refractivity contribution in [1.82, 2.24) is 4.98 Å². The fourth-order valence-electron chi connectivity index (χ4n) is 1.28. The highest BCUT2D eigenvalue weighted by atomic mass is 79.9. The van der Waals surface area contributed by atoms with Gasteiger partial charge in [-0.3, -0.25) is 0 Å². The summed E-state index contributed by atoms with van der Waals surface area (Å²) in [5.74, 6) is -0.667. The number of halogens is 4. The topological polar surface area (TPSA) is 33.1 Å². The molecule has 2 aromatic rings. The molecule has 1 heterocycles.